The molecule has 0 aliphatic rings. The van der Waals surface area contributed by atoms with Crippen LogP contribution in [0.5, 0.6) is 23.0 Å². The second kappa shape index (κ2) is 10.6. The summed E-state index contributed by atoms with van der Waals surface area (Å²) in [5, 5.41) is 20.4. The van der Waals surface area contributed by atoms with Crippen molar-refractivity contribution < 1.29 is 42.4 Å². The molecule has 2 rings (SSSR count). The molecule has 0 saturated carbocycles. The molecule has 0 radical (unpaired) electrons. The third-order valence-electron chi connectivity index (χ3n) is 4.90. The van der Waals surface area contributed by atoms with Gasteiger partial charge in [0.15, 0.2) is 15.4 Å². The molecule has 0 aliphatic carbocycles. The SMILES string of the molecule is COc1cc(OC)c(/C=C/S(=O)(=O)Cc2ccc(OC)c(CC(C)(O)C(=O)O)c2)c(OC)c1. The molecule has 0 aliphatic heterocycles. The van der Waals surface area contributed by atoms with E-state index >= 15 is 0 Å². The molecule has 0 saturated heterocycles. The Morgan fingerprint density at radius 1 is 0.970 bits per heavy atom. The molecule has 180 valence electrons. The molecule has 0 amide bonds. The van der Waals surface area contributed by atoms with Crippen LogP contribution in [0.15, 0.2) is 35.7 Å². The molecule has 0 bridgehead atoms. The first-order valence-corrected chi connectivity index (χ1v) is 11.5. The highest BCUT2D eigenvalue weighted by atomic mass is 32.2. The third-order valence-corrected chi connectivity index (χ3v) is 6.19. The van der Waals surface area contributed by atoms with Gasteiger partial charge >= 0.3 is 5.97 Å². The van der Waals surface area contributed by atoms with E-state index in [0.717, 1.165) is 12.3 Å². The Hall–Kier alpha value is -3.24. The number of hydrogen-bond donors (Lipinski definition) is 2. The van der Waals surface area contributed by atoms with Crippen LogP contribution in [0, 0.1) is 0 Å². The number of ether oxygens (including phenoxy) is 4. The maximum atomic E-state index is 12.8. The number of carboxylic acid groups (broad SMARTS) is 1. The average Bonchev–Trinajstić information content (AvgIpc) is 2.76. The summed E-state index contributed by atoms with van der Waals surface area (Å²) in [4.78, 5) is 11.3. The molecule has 2 aromatic carbocycles. The van der Waals surface area contributed by atoms with Crippen LogP contribution in [-0.2, 0) is 26.8 Å². The van der Waals surface area contributed by atoms with E-state index in [-0.39, 0.29) is 12.2 Å². The van der Waals surface area contributed by atoms with Gasteiger partial charge in [0.05, 0.1) is 39.8 Å². The van der Waals surface area contributed by atoms with Crippen molar-refractivity contribution in [3.8, 4) is 23.0 Å². The first-order chi connectivity index (χ1) is 15.5. The van der Waals surface area contributed by atoms with Crippen LogP contribution in [0.2, 0.25) is 0 Å². The molecule has 1 atom stereocenters. The van der Waals surface area contributed by atoms with Gasteiger partial charge in [0.2, 0.25) is 0 Å². The molecular weight excluding hydrogens is 452 g/mol. The number of benzene rings is 2. The lowest BCUT2D eigenvalue weighted by Gasteiger charge is -2.20. The molecule has 0 aromatic heterocycles. The van der Waals surface area contributed by atoms with Crippen LogP contribution in [0.4, 0.5) is 0 Å². The lowest BCUT2D eigenvalue weighted by molar-refractivity contribution is -0.156. The van der Waals surface area contributed by atoms with Gasteiger partial charge in [0.25, 0.3) is 0 Å². The van der Waals surface area contributed by atoms with E-state index in [1.54, 1.807) is 18.2 Å². The van der Waals surface area contributed by atoms with Crippen molar-refractivity contribution in [2.45, 2.75) is 24.7 Å². The van der Waals surface area contributed by atoms with Crippen molar-refractivity contribution in [1.82, 2.24) is 0 Å². The van der Waals surface area contributed by atoms with E-state index in [2.05, 4.69) is 0 Å². The van der Waals surface area contributed by atoms with Crippen LogP contribution in [-0.4, -0.2) is 58.6 Å². The van der Waals surface area contributed by atoms with Gasteiger partial charge in [-0.25, -0.2) is 13.2 Å². The van der Waals surface area contributed by atoms with Crippen LogP contribution in [0.25, 0.3) is 6.08 Å². The number of carboxylic acids is 1. The lowest BCUT2D eigenvalue weighted by Crippen LogP contribution is -2.37. The minimum Gasteiger partial charge on any atom is -0.496 e. The topological polar surface area (TPSA) is 129 Å². The highest BCUT2D eigenvalue weighted by molar-refractivity contribution is 7.93. The van der Waals surface area contributed by atoms with Gasteiger partial charge in [-0.05, 0) is 30.2 Å². The van der Waals surface area contributed by atoms with E-state index in [9.17, 15) is 23.4 Å². The van der Waals surface area contributed by atoms with Gasteiger partial charge in [0, 0.05) is 24.0 Å². The molecular formula is C23H28O9S. The molecule has 2 aromatic rings. The Bertz CT molecular complexity index is 1110. The highest BCUT2D eigenvalue weighted by Gasteiger charge is 2.31. The van der Waals surface area contributed by atoms with Gasteiger partial charge in [-0.3, -0.25) is 0 Å². The van der Waals surface area contributed by atoms with Crippen LogP contribution < -0.4 is 18.9 Å². The lowest BCUT2D eigenvalue weighted by atomic mass is 9.95. The molecule has 2 N–H and O–H groups in total. The van der Waals surface area contributed by atoms with Crippen LogP contribution >= 0.6 is 0 Å². The van der Waals surface area contributed by atoms with Gasteiger partial charge < -0.3 is 29.2 Å². The van der Waals surface area contributed by atoms with E-state index in [1.165, 1.54) is 46.6 Å². The zero-order valence-corrected chi connectivity index (χ0v) is 19.9. The second-order valence-electron chi connectivity index (χ2n) is 7.46. The van der Waals surface area contributed by atoms with E-state index < -0.39 is 21.4 Å². The summed E-state index contributed by atoms with van der Waals surface area (Å²) in [6, 6.07) is 7.84. The quantitative estimate of drug-likeness (QED) is 0.499. The zero-order chi connectivity index (χ0) is 24.8. The molecule has 9 nitrogen and oxygen atoms in total. The number of sulfone groups is 1. The van der Waals surface area contributed by atoms with Crippen molar-refractivity contribution in [3.05, 3.63) is 52.4 Å². The minimum atomic E-state index is -3.74. The number of aliphatic hydroxyl groups is 1. The number of aliphatic carboxylic acids is 1. The summed E-state index contributed by atoms with van der Waals surface area (Å²) in [5.41, 5.74) is -0.825. The number of rotatable bonds is 11. The van der Waals surface area contributed by atoms with Crippen molar-refractivity contribution in [3.63, 3.8) is 0 Å². The Kier molecular flexibility index (Phi) is 8.34. The first kappa shape index (κ1) is 26.0. The zero-order valence-electron chi connectivity index (χ0n) is 19.1. The van der Waals surface area contributed by atoms with E-state index in [0.29, 0.717) is 39.7 Å². The predicted octanol–water partition coefficient (Wildman–Crippen LogP) is 2.68. The largest absolute Gasteiger partial charge is 0.496 e. The third kappa shape index (κ3) is 6.62. The molecule has 1 unspecified atom stereocenters. The summed E-state index contributed by atoms with van der Waals surface area (Å²) < 4.78 is 46.6. The van der Waals surface area contributed by atoms with Crippen molar-refractivity contribution in [1.29, 1.82) is 0 Å². The average molecular weight is 481 g/mol. The van der Waals surface area contributed by atoms with Gasteiger partial charge in [0.1, 0.15) is 23.0 Å². The van der Waals surface area contributed by atoms with Crippen molar-refractivity contribution in [2.75, 3.05) is 28.4 Å². The Labute approximate surface area is 193 Å². The summed E-state index contributed by atoms with van der Waals surface area (Å²) in [6.45, 7) is 1.16. The molecule has 33 heavy (non-hydrogen) atoms. The standard InChI is InChI=1S/C23H28O9S/c1-23(26,22(24)25)13-16-10-15(6-7-19(16)30-3)14-33(27,28)9-8-18-20(31-4)11-17(29-2)12-21(18)32-5/h6-12,26H,13-14H2,1-5H3,(H,24,25)/b9-8+. The Morgan fingerprint density at radius 2 is 1.55 bits per heavy atom. The molecule has 0 heterocycles. The fraction of sp³-hybridized carbons (Fsp3) is 0.348. The Morgan fingerprint density at radius 3 is 2.03 bits per heavy atom. The summed E-state index contributed by atoms with van der Waals surface area (Å²) in [7, 11) is 2.06. The Balaban J connectivity index is 2.36. The summed E-state index contributed by atoms with van der Waals surface area (Å²) >= 11 is 0. The minimum absolute atomic E-state index is 0.254. The van der Waals surface area contributed by atoms with Gasteiger partial charge in [-0.15, -0.1) is 0 Å². The predicted molar refractivity (Wildman–Crippen MR) is 123 cm³/mol. The van der Waals surface area contributed by atoms with E-state index in [1.807, 2.05) is 0 Å². The molecule has 0 fully saturated rings. The molecule has 10 heteroatoms. The number of methoxy groups -OCH3 is 4. The smallest absolute Gasteiger partial charge is 0.335 e. The fourth-order valence-corrected chi connectivity index (χ4v) is 4.24. The number of carbonyl (C=O) groups is 1. The van der Waals surface area contributed by atoms with Gasteiger partial charge in [-0.1, -0.05) is 12.1 Å². The fourth-order valence-electron chi connectivity index (χ4n) is 3.16. The summed E-state index contributed by atoms with van der Waals surface area (Å²) in [6.07, 6.45) is 1.13. The first-order valence-electron chi connectivity index (χ1n) is 9.78. The normalized spacial score (nSPS) is 13.4. The number of hydrogen-bond acceptors (Lipinski definition) is 8. The van der Waals surface area contributed by atoms with E-state index in [4.69, 9.17) is 18.9 Å². The van der Waals surface area contributed by atoms with Gasteiger partial charge in [-0.2, -0.15) is 0 Å². The highest BCUT2D eigenvalue weighted by Crippen LogP contribution is 2.35. The van der Waals surface area contributed by atoms with Crippen molar-refractivity contribution in [2.24, 2.45) is 0 Å². The van der Waals surface area contributed by atoms with Crippen LogP contribution in [0.1, 0.15) is 23.6 Å². The monoisotopic (exact) mass is 480 g/mol. The van der Waals surface area contributed by atoms with Crippen molar-refractivity contribution >= 4 is 21.9 Å². The second-order valence-corrected chi connectivity index (χ2v) is 9.34. The summed E-state index contributed by atoms with van der Waals surface area (Å²) in [5.74, 6) is -0.155. The maximum absolute atomic E-state index is 12.8. The molecule has 0 spiro atoms. The maximum Gasteiger partial charge on any atom is 0.335 e. The van der Waals surface area contributed by atoms with Crippen LogP contribution in [0.3, 0.4) is 0 Å².